The van der Waals surface area contributed by atoms with Crippen LogP contribution in [0.15, 0.2) is 0 Å². The van der Waals surface area contributed by atoms with Crippen molar-refractivity contribution in [1.82, 2.24) is 9.21 Å². The summed E-state index contributed by atoms with van der Waals surface area (Å²) in [5, 5.41) is 0. The van der Waals surface area contributed by atoms with Gasteiger partial charge in [0.2, 0.25) is 10.0 Å². The predicted molar refractivity (Wildman–Crippen MR) is 71.2 cm³/mol. The third-order valence-electron chi connectivity index (χ3n) is 3.94. The molecule has 0 aromatic rings. The van der Waals surface area contributed by atoms with Crippen LogP contribution in [0.2, 0.25) is 0 Å². The molecule has 0 spiro atoms. The van der Waals surface area contributed by atoms with E-state index in [1.165, 1.54) is 4.90 Å². The quantitative estimate of drug-likeness (QED) is 0.736. The van der Waals surface area contributed by atoms with Gasteiger partial charge in [0.15, 0.2) is 0 Å². The van der Waals surface area contributed by atoms with Gasteiger partial charge >= 0.3 is 0 Å². The number of carbonyl (C=O) groups excluding carboxylic acids is 1. The smallest absolute Gasteiger partial charge is 0.251 e. The number of ether oxygens (including phenoxy) is 1. The first-order valence-electron chi connectivity index (χ1n) is 6.73. The van der Waals surface area contributed by atoms with E-state index in [0.29, 0.717) is 25.8 Å². The minimum atomic E-state index is -3.16. The number of amides is 1. The van der Waals surface area contributed by atoms with Crippen LogP contribution in [-0.2, 0) is 19.6 Å². The molecule has 2 heterocycles. The van der Waals surface area contributed by atoms with Crippen LogP contribution >= 0.6 is 0 Å². The molecule has 19 heavy (non-hydrogen) atoms. The van der Waals surface area contributed by atoms with Crippen molar-refractivity contribution in [2.75, 3.05) is 26.4 Å². The lowest BCUT2D eigenvalue weighted by Crippen LogP contribution is -2.49. The molecule has 0 aliphatic carbocycles. The Hall–Kier alpha value is -0.660. The maximum Gasteiger partial charge on any atom is 0.251 e. The molecule has 2 fully saturated rings. The van der Waals surface area contributed by atoms with Crippen molar-refractivity contribution in [2.45, 2.75) is 44.4 Å². The molecule has 1 amide bonds. The van der Waals surface area contributed by atoms with Gasteiger partial charge in [-0.15, -0.1) is 0 Å². The van der Waals surface area contributed by atoms with Crippen LogP contribution < -0.4 is 0 Å². The molecule has 2 saturated heterocycles. The van der Waals surface area contributed by atoms with E-state index in [4.69, 9.17) is 4.74 Å². The summed E-state index contributed by atoms with van der Waals surface area (Å²) in [7, 11) is 0.253. The monoisotopic (exact) mass is 290 g/mol. The highest BCUT2D eigenvalue weighted by atomic mass is 32.2. The van der Waals surface area contributed by atoms with Gasteiger partial charge in [-0.25, -0.2) is 8.42 Å². The Bertz CT molecular complexity index is 449. The molecule has 3 atom stereocenters. The lowest BCUT2D eigenvalue weighted by molar-refractivity contribution is -0.151. The van der Waals surface area contributed by atoms with Gasteiger partial charge in [0.05, 0.1) is 17.9 Å². The van der Waals surface area contributed by atoms with E-state index in [2.05, 4.69) is 0 Å². The summed E-state index contributed by atoms with van der Waals surface area (Å²) < 4.78 is 31.3. The van der Waals surface area contributed by atoms with E-state index in [1.807, 2.05) is 0 Å². The second-order valence-corrected chi connectivity index (χ2v) is 7.55. The number of rotatable bonds is 3. The first-order chi connectivity index (χ1) is 8.86. The fraction of sp³-hybridized carbons (Fsp3) is 0.917. The van der Waals surface area contributed by atoms with Gasteiger partial charge in [-0.2, -0.15) is 4.31 Å². The molecule has 6 nitrogen and oxygen atoms in total. The van der Waals surface area contributed by atoms with Crippen molar-refractivity contribution in [2.24, 2.45) is 0 Å². The van der Waals surface area contributed by atoms with Crippen LogP contribution in [0, 0.1) is 0 Å². The van der Waals surface area contributed by atoms with E-state index < -0.39 is 16.1 Å². The summed E-state index contributed by atoms with van der Waals surface area (Å²) in [6.45, 7) is 2.17. The SMILES string of the molecule is CCS(=O)(=O)N1CC[C@H]2O[C@@H](C(=O)N(C)C)CC[C@@H]21. The van der Waals surface area contributed by atoms with Crippen LogP contribution in [0.5, 0.6) is 0 Å². The van der Waals surface area contributed by atoms with Crippen molar-refractivity contribution >= 4 is 15.9 Å². The van der Waals surface area contributed by atoms with Crippen LogP contribution in [-0.4, -0.2) is 68.2 Å². The Labute approximate surface area is 114 Å². The zero-order valence-electron chi connectivity index (χ0n) is 11.7. The lowest BCUT2D eigenvalue weighted by Gasteiger charge is -2.35. The Balaban J connectivity index is 2.05. The van der Waals surface area contributed by atoms with Gasteiger partial charge in [-0.1, -0.05) is 0 Å². The van der Waals surface area contributed by atoms with E-state index in [0.717, 1.165) is 0 Å². The molecule has 0 bridgehead atoms. The number of hydrogen-bond acceptors (Lipinski definition) is 4. The van der Waals surface area contributed by atoms with Crippen LogP contribution in [0.25, 0.3) is 0 Å². The number of nitrogens with zero attached hydrogens (tertiary/aromatic N) is 2. The Morgan fingerprint density at radius 2 is 2.00 bits per heavy atom. The number of likely N-dealkylation sites (N-methyl/N-ethyl adjacent to an activating group) is 1. The second-order valence-electron chi connectivity index (χ2n) is 5.34. The molecule has 0 radical (unpaired) electrons. The first-order valence-corrected chi connectivity index (χ1v) is 8.34. The predicted octanol–water partition coefficient (Wildman–Crippen LogP) is 0.0462. The highest BCUT2D eigenvalue weighted by Gasteiger charge is 2.45. The van der Waals surface area contributed by atoms with Crippen LogP contribution in [0.1, 0.15) is 26.2 Å². The fourth-order valence-electron chi connectivity index (χ4n) is 2.87. The molecular formula is C12H22N2O4S. The van der Waals surface area contributed by atoms with Crippen molar-refractivity contribution in [3.8, 4) is 0 Å². The second kappa shape index (κ2) is 5.38. The van der Waals surface area contributed by atoms with Gasteiger partial charge in [-0.05, 0) is 26.2 Å². The molecule has 7 heteroatoms. The normalized spacial score (nSPS) is 32.1. The highest BCUT2D eigenvalue weighted by Crippen LogP contribution is 2.33. The molecule has 2 rings (SSSR count). The summed E-state index contributed by atoms with van der Waals surface area (Å²) in [5.41, 5.74) is 0. The third kappa shape index (κ3) is 2.78. The minimum Gasteiger partial charge on any atom is -0.363 e. The fourth-order valence-corrected chi connectivity index (χ4v) is 4.24. The Morgan fingerprint density at radius 1 is 1.32 bits per heavy atom. The average molecular weight is 290 g/mol. The van der Waals surface area contributed by atoms with Gasteiger partial charge in [0.1, 0.15) is 6.10 Å². The molecule has 2 aliphatic heterocycles. The van der Waals surface area contributed by atoms with E-state index in [1.54, 1.807) is 25.3 Å². The third-order valence-corrected chi connectivity index (χ3v) is 5.83. The summed E-state index contributed by atoms with van der Waals surface area (Å²) in [5.74, 6) is 0.0891. The van der Waals surface area contributed by atoms with Gasteiger partial charge < -0.3 is 9.64 Å². The lowest BCUT2D eigenvalue weighted by atomic mass is 9.99. The Kier molecular flexibility index (Phi) is 4.17. The summed E-state index contributed by atoms with van der Waals surface area (Å²) >= 11 is 0. The highest BCUT2D eigenvalue weighted by molar-refractivity contribution is 7.89. The van der Waals surface area contributed by atoms with Gasteiger partial charge in [0.25, 0.3) is 5.91 Å². The van der Waals surface area contributed by atoms with Crippen LogP contribution in [0.3, 0.4) is 0 Å². The maximum absolute atomic E-state index is 12.0. The number of hydrogen-bond donors (Lipinski definition) is 0. The summed E-state index contributed by atoms with van der Waals surface area (Å²) in [6.07, 6.45) is 1.42. The van der Waals surface area contributed by atoms with E-state index in [9.17, 15) is 13.2 Å². The zero-order valence-corrected chi connectivity index (χ0v) is 12.5. The molecule has 0 N–H and O–H groups in total. The maximum atomic E-state index is 12.0. The summed E-state index contributed by atoms with van der Waals surface area (Å²) in [4.78, 5) is 13.4. The molecule has 0 aromatic heterocycles. The standard InChI is InChI=1S/C12H22N2O4S/c1-4-19(16,17)14-8-7-10-9(14)5-6-11(18-10)12(15)13(2)3/h9-11H,4-8H2,1-3H3/t9-,10+,11+/m0/s1. The molecule has 0 unspecified atom stereocenters. The van der Waals surface area contributed by atoms with Gasteiger partial charge in [0, 0.05) is 20.6 Å². The number of sulfonamides is 1. The zero-order chi connectivity index (χ0) is 14.2. The van der Waals surface area contributed by atoms with E-state index in [-0.39, 0.29) is 23.8 Å². The first kappa shape index (κ1) is 14.7. The minimum absolute atomic E-state index is 0.0322. The largest absolute Gasteiger partial charge is 0.363 e. The molecule has 0 saturated carbocycles. The molecule has 0 aromatic carbocycles. The number of carbonyl (C=O) groups is 1. The van der Waals surface area contributed by atoms with Crippen LogP contribution in [0.4, 0.5) is 0 Å². The summed E-state index contributed by atoms with van der Waals surface area (Å²) in [6, 6.07) is -0.0869. The van der Waals surface area contributed by atoms with Crippen molar-refractivity contribution in [3.63, 3.8) is 0 Å². The topological polar surface area (TPSA) is 66.9 Å². The van der Waals surface area contributed by atoms with Crippen molar-refractivity contribution in [1.29, 1.82) is 0 Å². The van der Waals surface area contributed by atoms with Gasteiger partial charge in [-0.3, -0.25) is 4.79 Å². The van der Waals surface area contributed by atoms with Crippen molar-refractivity contribution < 1.29 is 17.9 Å². The Morgan fingerprint density at radius 3 is 2.58 bits per heavy atom. The molecule has 110 valence electrons. The average Bonchev–Trinajstić information content (AvgIpc) is 2.81. The number of fused-ring (bicyclic) bond motifs is 1. The molecular weight excluding hydrogens is 268 g/mol. The molecule has 2 aliphatic rings. The van der Waals surface area contributed by atoms with Crippen molar-refractivity contribution in [3.05, 3.63) is 0 Å². The van der Waals surface area contributed by atoms with E-state index >= 15 is 0 Å².